The van der Waals surface area contributed by atoms with Crippen molar-refractivity contribution in [3.63, 3.8) is 0 Å². The van der Waals surface area contributed by atoms with Crippen molar-refractivity contribution in [3.8, 4) is 0 Å². The Morgan fingerprint density at radius 1 is 1.38 bits per heavy atom. The van der Waals surface area contributed by atoms with Gasteiger partial charge in [-0.15, -0.1) is 0 Å². The minimum Gasteiger partial charge on any atom is -0.468 e. The maximum Gasteiger partial charge on any atom is 0.323 e. The van der Waals surface area contributed by atoms with Gasteiger partial charge in [-0.1, -0.05) is 36.2 Å². The highest BCUT2D eigenvalue weighted by molar-refractivity contribution is 6.42. The molecule has 5 heteroatoms. The molecule has 0 heterocycles. The molecule has 2 atom stereocenters. The van der Waals surface area contributed by atoms with Crippen molar-refractivity contribution in [1.82, 2.24) is 0 Å². The minimum absolute atomic E-state index is 0.179. The highest BCUT2D eigenvalue weighted by Crippen LogP contribution is 2.27. The van der Waals surface area contributed by atoms with Crippen molar-refractivity contribution in [2.45, 2.75) is 18.9 Å². The molecule has 0 aliphatic rings. The molecule has 0 saturated carbocycles. The molecule has 0 radical (unpaired) electrons. The van der Waals surface area contributed by atoms with E-state index in [1.807, 2.05) is 6.92 Å². The lowest BCUT2D eigenvalue weighted by molar-refractivity contribution is -0.142. The molecule has 88 valence electrons. The number of hydrogen-bond donors (Lipinski definition) is 1. The van der Waals surface area contributed by atoms with Crippen molar-refractivity contribution < 1.29 is 9.53 Å². The first-order chi connectivity index (χ1) is 7.47. The van der Waals surface area contributed by atoms with Gasteiger partial charge in [0.25, 0.3) is 0 Å². The summed E-state index contributed by atoms with van der Waals surface area (Å²) in [5.41, 5.74) is 6.59. The number of halogens is 2. The first-order valence-electron chi connectivity index (χ1n) is 4.75. The summed E-state index contributed by atoms with van der Waals surface area (Å²) in [4.78, 5) is 11.3. The Kier molecular flexibility index (Phi) is 4.59. The quantitative estimate of drug-likeness (QED) is 0.852. The van der Waals surface area contributed by atoms with Gasteiger partial charge in [0.15, 0.2) is 0 Å². The summed E-state index contributed by atoms with van der Waals surface area (Å²) in [6.07, 6.45) is 0. The van der Waals surface area contributed by atoms with Crippen LogP contribution in [-0.4, -0.2) is 19.1 Å². The van der Waals surface area contributed by atoms with Crippen molar-refractivity contribution in [2.75, 3.05) is 7.11 Å². The molecular formula is C11H13Cl2NO2. The van der Waals surface area contributed by atoms with Crippen LogP contribution in [0.2, 0.25) is 10.0 Å². The fourth-order valence-corrected chi connectivity index (χ4v) is 1.65. The Morgan fingerprint density at radius 3 is 2.50 bits per heavy atom. The highest BCUT2D eigenvalue weighted by atomic mass is 35.5. The number of rotatable bonds is 3. The lowest BCUT2D eigenvalue weighted by Crippen LogP contribution is -2.36. The van der Waals surface area contributed by atoms with Crippen molar-refractivity contribution >= 4 is 29.2 Å². The Bertz CT molecular complexity index is 396. The summed E-state index contributed by atoms with van der Waals surface area (Å²) in [6.45, 7) is 1.83. The third-order valence-corrected chi connectivity index (χ3v) is 3.22. The molecule has 1 aromatic carbocycles. The summed E-state index contributed by atoms with van der Waals surface area (Å²) in [5, 5.41) is 0.923. The molecule has 16 heavy (non-hydrogen) atoms. The van der Waals surface area contributed by atoms with E-state index >= 15 is 0 Å². The van der Waals surface area contributed by atoms with Crippen LogP contribution >= 0.6 is 23.2 Å². The number of benzene rings is 1. The van der Waals surface area contributed by atoms with E-state index in [4.69, 9.17) is 28.9 Å². The third kappa shape index (κ3) is 2.88. The standard InChI is InChI=1S/C11H13Cl2NO2/c1-6(10(14)11(15)16-2)7-3-4-8(12)9(13)5-7/h3-6,10H,14H2,1-2H3. The lowest BCUT2D eigenvalue weighted by Gasteiger charge is -2.18. The van der Waals surface area contributed by atoms with Crippen LogP contribution < -0.4 is 5.73 Å². The van der Waals surface area contributed by atoms with Gasteiger partial charge in [0.05, 0.1) is 17.2 Å². The number of carbonyl (C=O) groups excluding carboxylic acids is 1. The van der Waals surface area contributed by atoms with Gasteiger partial charge in [-0.05, 0) is 17.7 Å². The second kappa shape index (κ2) is 5.53. The van der Waals surface area contributed by atoms with E-state index < -0.39 is 12.0 Å². The third-order valence-electron chi connectivity index (χ3n) is 2.48. The minimum atomic E-state index is -0.706. The van der Waals surface area contributed by atoms with Crippen molar-refractivity contribution in [1.29, 1.82) is 0 Å². The van der Waals surface area contributed by atoms with Crippen molar-refractivity contribution in [3.05, 3.63) is 33.8 Å². The lowest BCUT2D eigenvalue weighted by atomic mass is 9.94. The molecule has 0 aromatic heterocycles. The zero-order valence-corrected chi connectivity index (χ0v) is 10.5. The molecule has 0 bridgehead atoms. The molecule has 0 aliphatic heterocycles. The van der Waals surface area contributed by atoms with E-state index in [1.165, 1.54) is 7.11 Å². The zero-order valence-electron chi connectivity index (χ0n) is 9.04. The second-order valence-electron chi connectivity index (χ2n) is 3.51. The molecule has 3 nitrogen and oxygen atoms in total. The molecule has 1 aromatic rings. The number of nitrogens with two attached hydrogens (primary N) is 1. The van der Waals surface area contributed by atoms with E-state index in [9.17, 15) is 4.79 Å². The van der Waals surface area contributed by atoms with Gasteiger partial charge in [0.2, 0.25) is 0 Å². The fourth-order valence-electron chi connectivity index (χ4n) is 1.34. The largest absolute Gasteiger partial charge is 0.468 e. The van der Waals surface area contributed by atoms with Crippen LogP contribution in [0.1, 0.15) is 18.4 Å². The van der Waals surface area contributed by atoms with Gasteiger partial charge in [-0.25, -0.2) is 0 Å². The summed E-state index contributed by atoms with van der Waals surface area (Å²) >= 11 is 11.7. The van der Waals surface area contributed by atoms with Crippen LogP contribution in [-0.2, 0) is 9.53 Å². The molecular weight excluding hydrogens is 249 g/mol. The molecule has 0 fully saturated rings. The number of carbonyl (C=O) groups is 1. The van der Waals surface area contributed by atoms with Crippen LogP contribution in [0.25, 0.3) is 0 Å². The first-order valence-corrected chi connectivity index (χ1v) is 5.51. The fraction of sp³-hybridized carbons (Fsp3) is 0.364. The monoisotopic (exact) mass is 261 g/mol. The average molecular weight is 262 g/mol. The number of hydrogen-bond acceptors (Lipinski definition) is 3. The van der Waals surface area contributed by atoms with E-state index in [-0.39, 0.29) is 5.92 Å². The number of esters is 1. The maximum absolute atomic E-state index is 11.3. The zero-order chi connectivity index (χ0) is 12.3. The predicted molar refractivity (Wildman–Crippen MR) is 64.9 cm³/mol. The van der Waals surface area contributed by atoms with Gasteiger partial charge >= 0.3 is 5.97 Å². The summed E-state index contributed by atoms with van der Waals surface area (Å²) in [7, 11) is 1.31. The maximum atomic E-state index is 11.3. The summed E-state index contributed by atoms with van der Waals surface area (Å²) in [6, 6.07) is 4.47. The Hall–Kier alpha value is -0.770. The molecule has 2 N–H and O–H groups in total. The topological polar surface area (TPSA) is 52.3 Å². The molecule has 0 saturated heterocycles. The molecule has 0 aliphatic carbocycles. The smallest absolute Gasteiger partial charge is 0.323 e. The van der Waals surface area contributed by atoms with Crippen LogP contribution in [0, 0.1) is 0 Å². The van der Waals surface area contributed by atoms with Crippen LogP contribution in [0.3, 0.4) is 0 Å². The van der Waals surface area contributed by atoms with Gasteiger partial charge < -0.3 is 10.5 Å². The Morgan fingerprint density at radius 2 is 2.00 bits per heavy atom. The summed E-state index contributed by atoms with van der Waals surface area (Å²) in [5.74, 6) is -0.624. The highest BCUT2D eigenvalue weighted by Gasteiger charge is 2.23. The number of methoxy groups -OCH3 is 1. The molecule has 1 rings (SSSR count). The van der Waals surface area contributed by atoms with E-state index in [0.29, 0.717) is 10.0 Å². The van der Waals surface area contributed by atoms with E-state index in [0.717, 1.165) is 5.56 Å². The SMILES string of the molecule is COC(=O)C(N)C(C)c1ccc(Cl)c(Cl)c1. The van der Waals surface area contributed by atoms with Crippen molar-refractivity contribution in [2.24, 2.45) is 5.73 Å². The van der Waals surface area contributed by atoms with Gasteiger partial charge in [-0.2, -0.15) is 0 Å². The van der Waals surface area contributed by atoms with E-state index in [1.54, 1.807) is 18.2 Å². The Labute approximate surface area is 104 Å². The van der Waals surface area contributed by atoms with Crippen LogP contribution in [0.4, 0.5) is 0 Å². The molecule has 0 spiro atoms. The first kappa shape index (κ1) is 13.3. The molecule has 2 unspecified atom stereocenters. The normalized spacial score (nSPS) is 14.3. The molecule has 0 amide bonds. The van der Waals surface area contributed by atoms with Gasteiger partial charge in [-0.3, -0.25) is 4.79 Å². The Balaban J connectivity index is 2.91. The van der Waals surface area contributed by atoms with Gasteiger partial charge in [0, 0.05) is 5.92 Å². The average Bonchev–Trinajstić information content (AvgIpc) is 2.29. The van der Waals surface area contributed by atoms with E-state index in [2.05, 4.69) is 4.74 Å². The van der Waals surface area contributed by atoms with Crippen LogP contribution in [0.5, 0.6) is 0 Å². The predicted octanol–water partition coefficient (Wildman–Crippen LogP) is 2.60. The second-order valence-corrected chi connectivity index (χ2v) is 4.33. The van der Waals surface area contributed by atoms with Gasteiger partial charge in [0.1, 0.15) is 6.04 Å². The number of ether oxygens (including phenoxy) is 1. The summed E-state index contributed by atoms with van der Waals surface area (Å²) < 4.78 is 4.59. The van der Waals surface area contributed by atoms with Crippen LogP contribution in [0.15, 0.2) is 18.2 Å².